The zero-order valence-corrected chi connectivity index (χ0v) is 13.3. The Balaban J connectivity index is 2.25. The smallest absolute Gasteiger partial charge is 0.416 e. The number of halogens is 6. The minimum Gasteiger partial charge on any atom is -0.494 e. The largest absolute Gasteiger partial charge is 0.494 e. The first-order valence-corrected chi connectivity index (χ1v) is 7.49. The average Bonchev–Trinajstić information content (AvgIpc) is 2.76. The van der Waals surface area contributed by atoms with Crippen LogP contribution in [0.4, 0.5) is 26.3 Å². The molecule has 0 amide bonds. The molecule has 2 aromatic rings. The van der Waals surface area contributed by atoms with Crippen molar-refractivity contribution < 1.29 is 36.6 Å². The SMILES string of the molecule is CC1=CCc2c(c(O)n(-c3cc(C(F)(F)F)cc(C(F)(F)F)c3)c2O)C1. The van der Waals surface area contributed by atoms with E-state index in [1.165, 1.54) is 0 Å². The number of allylic oxidation sites excluding steroid dienone is 2. The second kappa shape index (κ2) is 5.72. The Bertz CT molecular complexity index is 873. The second-order valence-electron chi connectivity index (χ2n) is 6.14. The van der Waals surface area contributed by atoms with E-state index in [4.69, 9.17) is 0 Å². The normalized spacial score (nSPS) is 15.0. The summed E-state index contributed by atoms with van der Waals surface area (Å²) < 4.78 is 78.7. The van der Waals surface area contributed by atoms with Gasteiger partial charge in [0.1, 0.15) is 0 Å². The summed E-state index contributed by atoms with van der Waals surface area (Å²) in [6.45, 7) is 1.77. The fourth-order valence-corrected chi connectivity index (χ4v) is 2.98. The van der Waals surface area contributed by atoms with Crippen molar-refractivity contribution in [3.63, 3.8) is 0 Å². The number of alkyl halides is 6. The van der Waals surface area contributed by atoms with Crippen LogP contribution in [0.1, 0.15) is 29.2 Å². The van der Waals surface area contributed by atoms with Crippen LogP contribution in [0.3, 0.4) is 0 Å². The summed E-state index contributed by atoms with van der Waals surface area (Å²) in [6, 6.07) is 0.910. The molecule has 0 bridgehead atoms. The molecule has 1 heterocycles. The third-order valence-electron chi connectivity index (χ3n) is 4.27. The Morgan fingerprint density at radius 1 is 0.846 bits per heavy atom. The predicted octanol–water partition coefficient (Wildman–Crippen LogP) is 4.97. The standard InChI is InChI=1S/C17H13F6NO2/c1-8-2-3-12-13(4-8)15(26)24(14(12)25)11-6-9(16(18,19)20)5-10(7-11)17(21,22)23/h2,5-7,25-26H,3-4H2,1H3. The Hall–Kier alpha value is -2.58. The predicted molar refractivity (Wildman–Crippen MR) is 80.3 cm³/mol. The zero-order chi connectivity index (χ0) is 19.4. The van der Waals surface area contributed by atoms with Crippen LogP contribution in [0.15, 0.2) is 29.8 Å². The van der Waals surface area contributed by atoms with Gasteiger partial charge < -0.3 is 10.2 Å². The molecule has 140 valence electrons. The molecule has 1 aromatic carbocycles. The Morgan fingerprint density at radius 3 is 1.85 bits per heavy atom. The van der Waals surface area contributed by atoms with Gasteiger partial charge in [-0.25, -0.2) is 0 Å². The van der Waals surface area contributed by atoms with Crippen LogP contribution >= 0.6 is 0 Å². The van der Waals surface area contributed by atoms with Gasteiger partial charge in [-0.1, -0.05) is 11.6 Å². The van der Waals surface area contributed by atoms with E-state index in [2.05, 4.69) is 0 Å². The van der Waals surface area contributed by atoms with Crippen molar-refractivity contribution in [1.82, 2.24) is 4.57 Å². The van der Waals surface area contributed by atoms with Gasteiger partial charge in [0.05, 0.1) is 16.8 Å². The van der Waals surface area contributed by atoms with Crippen LogP contribution in [0, 0.1) is 0 Å². The minimum atomic E-state index is -5.02. The number of aromatic nitrogens is 1. The third kappa shape index (κ3) is 3.02. The Kier molecular flexibility index (Phi) is 4.01. The number of hydrogen-bond donors (Lipinski definition) is 2. The highest BCUT2D eigenvalue weighted by Crippen LogP contribution is 2.43. The topological polar surface area (TPSA) is 45.4 Å². The summed E-state index contributed by atoms with van der Waals surface area (Å²) in [5.41, 5.74) is -2.24. The molecule has 0 aliphatic heterocycles. The van der Waals surface area contributed by atoms with Gasteiger partial charge in [0.15, 0.2) is 0 Å². The molecule has 1 aromatic heterocycles. The molecule has 2 N–H and O–H groups in total. The second-order valence-corrected chi connectivity index (χ2v) is 6.14. The Labute approximate surface area is 143 Å². The van der Waals surface area contributed by atoms with Gasteiger partial charge in [-0.15, -0.1) is 0 Å². The molecule has 0 saturated carbocycles. The first-order chi connectivity index (χ1) is 11.9. The molecule has 9 heteroatoms. The van der Waals surface area contributed by atoms with E-state index in [-0.39, 0.29) is 30.0 Å². The lowest BCUT2D eigenvalue weighted by Crippen LogP contribution is -2.12. The van der Waals surface area contributed by atoms with Gasteiger partial charge in [0, 0.05) is 11.1 Å². The highest BCUT2D eigenvalue weighted by molar-refractivity contribution is 5.57. The summed E-state index contributed by atoms with van der Waals surface area (Å²) >= 11 is 0. The maximum atomic E-state index is 13.0. The summed E-state index contributed by atoms with van der Waals surface area (Å²) in [5, 5.41) is 20.6. The number of benzene rings is 1. The molecule has 0 saturated heterocycles. The van der Waals surface area contributed by atoms with E-state index in [1.54, 1.807) is 13.0 Å². The van der Waals surface area contributed by atoms with Crippen LogP contribution in [0.2, 0.25) is 0 Å². The average molecular weight is 377 g/mol. The van der Waals surface area contributed by atoms with Gasteiger partial charge >= 0.3 is 12.4 Å². The van der Waals surface area contributed by atoms with E-state index < -0.39 is 40.9 Å². The van der Waals surface area contributed by atoms with Crippen molar-refractivity contribution in [3.8, 4) is 17.4 Å². The summed E-state index contributed by atoms with van der Waals surface area (Å²) in [5.74, 6) is -1.15. The number of fused-ring (bicyclic) bond motifs is 1. The molecule has 3 nitrogen and oxygen atoms in total. The van der Waals surface area contributed by atoms with Crippen LogP contribution in [0.25, 0.3) is 5.69 Å². The number of rotatable bonds is 1. The van der Waals surface area contributed by atoms with E-state index in [0.717, 1.165) is 5.57 Å². The lowest BCUT2D eigenvalue weighted by molar-refractivity contribution is -0.143. The minimum absolute atomic E-state index is 0.00723. The van der Waals surface area contributed by atoms with Crippen LogP contribution < -0.4 is 0 Å². The van der Waals surface area contributed by atoms with Gasteiger partial charge in [-0.3, -0.25) is 4.57 Å². The lowest BCUT2D eigenvalue weighted by atomic mass is 9.96. The molecule has 3 rings (SSSR count). The summed E-state index contributed by atoms with van der Waals surface area (Å²) in [4.78, 5) is 0. The summed E-state index contributed by atoms with van der Waals surface area (Å²) in [6.07, 6.45) is -7.82. The first kappa shape index (κ1) is 18.2. The molecule has 0 unspecified atom stereocenters. The van der Waals surface area contributed by atoms with E-state index in [0.29, 0.717) is 16.7 Å². The van der Waals surface area contributed by atoms with Crippen molar-refractivity contribution in [2.24, 2.45) is 0 Å². The van der Waals surface area contributed by atoms with Gasteiger partial charge in [-0.05, 0) is 38.0 Å². The molecule has 26 heavy (non-hydrogen) atoms. The maximum Gasteiger partial charge on any atom is 0.416 e. The van der Waals surface area contributed by atoms with Gasteiger partial charge in [0.25, 0.3) is 0 Å². The number of hydrogen-bond acceptors (Lipinski definition) is 2. The van der Waals surface area contributed by atoms with Crippen LogP contribution in [-0.4, -0.2) is 14.8 Å². The summed E-state index contributed by atoms with van der Waals surface area (Å²) in [7, 11) is 0. The van der Waals surface area contributed by atoms with Crippen molar-refractivity contribution in [3.05, 3.63) is 52.1 Å². The lowest BCUT2D eigenvalue weighted by Gasteiger charge is -2.15. The molecule has 0 radical (unpaired) electrons. The first-order valence-electron chi connectivity index (χ1n) is 7.49. The third-order valence-corrected chi connectivity index (χ3v) is 4.27. The maximum absolute atomic E-state index is 13.0. The highest BCUT2D eigenvalue weighted by atomic mass is 19.4. The van der Waals surface area contributed by atoms with Crippen molar-refractivity contribution in [2.75, 3.05) is 0 Å². The van der Waals surface area contributed by atoms with E-state index >= 15 is 0 Å². The van der Waals surface area contributed by atoms with Crippen molar-refractivity contribution in [1.29, 1.82) is 0 Å². The molecule has 0 fully saturated rings. The van der Waals surface area contributed by atoms with Crippen molar-refractivity contribution in [2.45, 2.75) is 32.1 Å². The molecule has 0 atom stereocenters. The van der Waals surface area contributed by atoms with Crippen LogP contribution in [0.5, 0.6) is 11.8 Å². The Morgan fingerprint density at radius 2 is 1.35 bits per heavy atom. The van der Waals surface area contributed by atoms with Gasteiger partial charge in [0.2, 0.25) is 11.8 Å². The van der Waals surface area contributed by atoms with E-state index in [1.807, 2.05) is 0 Å². The van der Waals surface area contributed by atoms with Gasteiger partial charge in [-0.2, -0.15) is 26.3 Å². The quantitative estimate of drug-likeness (QED) is 0.544. The van der Waals surface area contributed by atoms with Crippen LogP contribution in [-0.2, 0) is 25.2 Å². The molecule has 1 aliphatic carbocycles. The molecular weight excluding hydrogens is 364 g/mol. The molecular formula is C17H13F6NO2. The van der Waals surface area contributed by atoms with Crippen molar-refractivity contribution >= 4 is 0 Å². The van der Waals surface area contributed by atoms with E-state index in [9.17, 15) is 36.6 Å². The number of aromatic hydroxyl groups is 2. The highest BCUT2D eigenvalue weighted by Gasteiger charge is 2.38. The number of nitrogens with zero attached hydrogens (tertiary/aromatic N) is 1. The fraction of sp³-hybridized carbons (Fsp3) is 0.294. The monoisotopic (exact) mass is 377 g/mol. The molecule has 1 aliphatic rings. The zero-order valence-electron chi connectivity index (χ0n) is 13.3. The molecule has 0 spiro atoms. The fourth-order valence-electron chi connectivity index (χ4n) is 2.98.